The zero-order valence-electron chi connectivity index (χ0n) is 14.8. The van der Waals surface area contributed by atoms with Gasteiger partial charge in [-0.3, -0.25) is 9.59 Å². The highest BCUT2D eigenvalue weighted by atomic mass is 19.1. The molecular formula is C19H21FN4O3. The van der Waals surface area contributed by atoms with Gasteiger partial charge in [-0.15, -0.1) is 0 Å². The summed E-state index contributed by atoms with van der Waals surface area (Å²) in [7, 11) is 0. The number of nitrogens with one attached hydrogen (secondary N) is 4. The molecule has 0 aliphatic carbocycles. The van der Waals surface area contributed by atoms with E-state index in [-0.39, 0.29) is 30.7 Å². The van der Waals surface area contributed by atoms with Gasteiger partial charge in [0.2, 0.25) is 5.91 Å². The molecule has 0 atom stereocenters. The van der Waals surface area contributed by atoms with Crippen LogP contribution in [0, 0.1) is 5.82 Å². The van der Waals surface area contributed by atoms with Crippen LogP contribution >= 0.6 is 0 Å². The molecule has 2 aromatic carbocycles. The minimum atomic E-state index is -0.452. The number of urea groups is 1. The SMILES string of the molecule is CCC(=O)Nc1ccc(C(=O)NCCNC(=O)Nc2ccc(F)cc2)cc1. The third kappa shape index (κ3) is 6.77. The number of carbonyl (C=O) groups excluding carboxylic acids is 3. The zero-order chi connectivity index (χ0) is 19.6. The van der Waals surface area contributed by atoms with Gasteiger partial charge in [0.25, 0.3) is 5.91 Å². The van der Waals surface area contributed by atoms with Crippen molar-refractivity contribution in [1.82, 2.24) is 10.6 Å². The molecule has 4 amide bonds. The molecule has 2 aromatic rings. The second-order valence-corrected chi connectivity index (χ2v) is 5.62. The Bertz CT molecular complexity index is 792. The second-order valence-electron chi connectivity index (χ2n) is 5.62. The van der Waals surface area contributed by atoms with E-state index in [0.29, 0.717) is 23.4 Å². The van der Waals surface area contributed by atoms with Crippen LogP contribution in [0.4, 0.5) is 20.6 Å². The first-order valence-electron chi connectivity index (χ1n) is 8.46. The van der Waals surface area contributed by atoms with Crippen molar-refractivity contribution in [1.29, 1.82) is 0 Å². The first kappa shape index (κ1) is 19.9. The summed E-state index contributed by atoms with van der Waals surface area (Å²) in [5, 5.41) is 10.5. The Morgan fingerprint density at radius 1 is 0.815 bits per heavy atom. The van der Waals surface area contributed by atoms with Crippen molar-refractivity contribution in [2.75, 3.05) is 23.7 Å². The predicted molar refractivity (Wildman–Crippen MR) is 101 cm³/mol. The number of carbonyl (C=O) groups is 3. The van der Waals surface area contributed by atoms with Crippen molar-refractivity contribution in [3.05, 3.63) is 59.9 Å². The number of benzene rings is 2. The molecule has 2 rings (SSSR count). The van der Waals surface area contributed by atoms with E-state index in [1.807, 2.05) is 0 Å². The molecule has 0 unspecified atom stereocenters. The predicted octanol–water partition coefficient (Wildman–Crippen LogP) is 2.73. The van der Waals surface area contributed by atoms with Crippen molar-refractivity contribution >= 4 is 29.2 Å². The number of rotatable bonds is 7. The summed E-state index contributed by atoms with van der Waals surface area (Å²) in [4.78, 5) is 35.1. The quantitative estimate of drug-likeness (QED) is 0.562. The van der Waals surface area contributed by atoms with Crippen LogP contribution in [-0.4, -0.2) is 30.9 Å². The molecule has 0 aliphatic heterocycles. The topological polar surface area (TPSA) is 99.3 Å². The van der Waals surface area contributed by atoms with Crippen LogP contribution in [-0.2, 0) is 4.79 Å². The smallest absolute Gasteiger partial charge is 0.319 e. The van der Waals surface area contributed by atoms with E-state index in [1.165, 1.54) is 24.3 Å². The molecule has 0 saturated heterocycles. The van der Waals surface area contributed by atoms with Crippen LogP contribution in [0.5, 0.6) is 0 Å². The molecule has 8 heteroatoms. The Kier molecular flexibility index (Phi) is 7.30. The highest BCUT2D eigenvalue weighted by molar-refractivity contribution is 5.95. The molecule has 0 heterocycles. The largest absolute Gasteiger partial charge is 0.350 e. The number of hydrogen-bond acceptors (Lipinski definition) is 3. The first-order valence-corrected chi connectivity index (χ1v) is 8.46. The maximum absolute atomic E-state index is 12.8. The van der Waals surface area contributed by atoms with Gasteiger partial charge >= 0.3 is 6.03 Å². The molecule has 0 bridgehead atoms. The van der Waals surface area contributed by atoms with E-state index in [1.54, 1.807) is 31.2 Å². The van der Waals surface area contributed by atoms with Crippen molar-refractivity contribution in [2.24, 2.45) is 0 Å². The average molecular weight is 372 g/mol. The minimum Gasteiger partial charge on any atom is -0.350 e. The first-order chi connectivity index (χ1) is 13.0. The third-order valence-electron chi connectivity index (χ3n) is 3.55. The lowest BCUT2D eigenvalue weighted by Crippen LogP contribution is -2.36. The van der Waals surface area contributed by atoms with Crippen LogP contribution in [0.2, 0.25) is 0 Å². The highest BCUT2D eigenvalue weighted by Gasteiger charge is 2.06. The van der Waals surface area contributed by atoms with Crippen molar-refractivity contribution in [3.8, 4) is 0 Å². The van der Waals surface area contributed by atoms with Crippen LogP contribution in [0.3, 0.4) is 0 Å². The fourth-order valence-electron chi connectivity index (χ4n) is 2.12. The van der Waals surface area contributed by atoms with Crippen molar-refractivity contribution in [3.63, 3.8) is 0 Å². The molecule has 0 aliphatic rings. The number of anilines is 2. The normalized spacial score (nSPS) is 10.0. The van der Waals surface area contributed by atoms with Crippen LogP contribution < -0.4 is 21.3 Å². The van der Waals surface area contributed by atoms with Gasteiger partial charge < -0.3 is 21.3 Å². The molecule has 142 valence electrons. The standard InChI is InChI=1S/C19H21FN4O3/c1-2-17(25)23-15-7-3-13(4-8-15)18(26)21-11-12-22-19(27)24-16-9-5-14(20)6-10-16/h3-10H,2,11-12H2,1H3,(H,21,26)(H,23,25)(H2,22,24,27). The van der Waals surface area contributed by atoms with Gasteiger partial charge in [-0.05, 0) is 48.5 Å². The van der Waals surface area contributed by atoms with Gasteiger partial charge in [0.05, 0.1) is 0 Å². The maximum Gasteiger partial charge on any atom is 0.319 e. The minimum absolute atomic E-state index is 0.0998. The molecule has 0 spiro atoms. The van der Waals surface area contributed by atoms with Gasteiger partial charge in [0, 0.05) is 36.4 Å². The van der Waals surface area contributed by atoms with Crippen molar-refractivity contribution in [2.45, 2.75) is 13.3 Å². The van der Waals surface area contributed by atoms with Gasteiger partial charge in [0.15, 0.2) is 0 Å². The molecule has 0 saturated carbocycles. The molecule has 0 fully saturated rings. The number of halogens is 1. The van der Waals surface area contributed by atoms with E-state index < -0.39 is 6.03 Å². The summed E-state index contributed by atoms with van der Waals surface area (Å²) >= 11 is 0. The Hall–Kier alpha value is -3.42. The zero-order valence-corrected chi connectivity index (χ0v) is 14.8. The average Bonchev–Trinajstić information content (AvgIpc) is 2.67. The van der Waals surface area contributed by atoms with Crippen LogP contribution in [0.15, 0.2) is 48.5 Å². The summed E-state index contributed by atoms with van der Waals surface area (Å²) in [6.45, 7) is 2.22. The summed E-state index contributed by atoms with van der Waals surface area (Å²) in [6, 6.07) is 11.4. The summed E-state index contributed by atoms with van der Waals surface area (Å²) in [5.74, 6) is -0.772. The fourth-order valence-corrected chi connectivity index (χ4v) is 2.12. The number of amides is 4. The van der Waals surface area contributed by atoms with Crippen LogP contribution in [0.1, 0.15) is 23.7 Å². The van der Waals surface area contributed by atoms with E-state index in [2.05, 4.69) is 21.3 Å². The van der Waals surface area contributed by atoms with Gasteiger partial charge in [0.1, 0.15) is 5.82 Å². The summed E-state index contributed by atoms with van der Waals surface area (Å²) in [6.07, 6.45) is 0.379. The lowest BCUT2D eigenvalue weighted by atomic mass is 10.2. The Morgan fingerprint density at radius 2 is 1.37 bits per heavy atom. The molecule has 7 nitrogen and oxygen atoms in total. The maximum atomic E-state index is 12.8. The Balaban J connectivity index is 1.70. The van der Waals surface area contributed by atoms with E-state index in [0.717, 1.165) is 0 Å². The molecule has 0 aromatic heterocycles. The van der Waals surface area contributed by atoms with Gasteiger partial charge in [-0.2, -0.15) is 0 Å². The summed E-state index contributed by atoms with van der Waals surface area (Å²) in [5.41, 5.74) is 1.53. The molecule has 27 heavy (non-hydrogen) atoms. The summed E-state index contributed by atoms with van der Waals surface area (Å²) < 4.78 is 12.8. The van der Waals surface area contributed by atoms with E-state index in [9.17, 15) is 18.8 Å². The molecular weight excluding hydrogens is 351 g/mol. The lowest BCUT2D eigenvalue weighted by Gasteiger charge is -2.09. The Labute approximate surface area is 156 Å². The van der Waals surface area contributed by atoms with Gasteiger partial charge in [-0.25, -0.2) is 9.18 Å². The van der Waals surface area contributed by atoms with Crippen molar-refractivity contribution < 1.29 is 18.8 Å². The number of hydrogen-bond donors (Lipinski definition) is 4. The van der Waals surface area contributed by atoms with Crippen LogP contribution in [0.25, 0.3) is 0 Å². The monoisotopic (exact) mass is 372 g/mol. The van der Waals surface area contributed by atoms with Gasteiger partial charge in [-0.1, -0.05) is 6.92 Å². The lowest BCUT2D eigenvalue weighted by molar-refractivity contribution is -0.115. The molecule has 0 radical (unpaired) electrons. The van der Waals surface area contributed by atoms with E-state index >= 15 is 0 Å². The highest BCUT2D eigenvalue weighted by Crippen LogP contribution is 2.10. The second kappa shape index (κ2) is 9.91. The Morgan fingerprint density at radius 3 is 2.00 bits per heavy atom. The fraction of sp³-hybridized carbons (Fsp3) is 0.211. The van der Waals surface area contributed by atoms with E-state index in [4.69, 9.17) is 0 Å². The third-order valence-corrected chi connectivity index (χ3v) is 3.55. The molecule has 4 N–H and O–H groups in total.